The Balaban J connectivity index is 1.39. The van der Waals surface area contributed by atoms with Gasteiger partial charge in [0.2, 0.25) is 5.91 Å². The summed E-state index contributed by atoms with van der Waals surface area (Å²) in [6.45, 7) is 2.46. The summed E-state index contributed by atoms with van der Waals surface area (Å²) in [5, 5.41) is 8.07. The van der Waals surface area contributed by atoms with Gasteiger partial charge in [-0.3, -0.25) is 14.4 Å². The number of carbonyl (C=O) groups excluding carboxylic acids is 3. The number of ether oxygens (including phenoxy) is 3. The highest BCUT2D eigenvalue weighted by atomic mass is 32.2. The summed E-state index contributed by atoms with van der Waals surface area (Å²) in [5.74, 6) is 0.533. The van der Waals surface area contributed by atoms with Gasteiger partial charge in [-0.2, -0.15) is 0 Å². The fourth-order valence-electron chi connectivity index (χ4n) is 4.94. The highest BCUT2D eigenvalue weighted by molar-refractivity contribution is 8.00. The molecule has 0 fully saturated rings. The predicted molar refractivity (Wildman–Crippen MR) is 198 cm³/mol. The zero-order valence-corrected chi connectivity index (χ0v) is 28.7. The fraction of sp³-hybridized carbons (Fsp3) is 0.125. The fourth-order valence-corrected chi connectivity index (χ4v) is 6.03. The molecule has 0 radical (unpaired) electrons. The number of rotatable bonds is 14. The van der Waals surface area contributed by atoms with Crippen molar-refractivity contribution < 1.29 is 28.6 Å². The SMILES string of the molecule is CCOc1ccc(NC(=O)C(Sc2cccc(NC(=O)/C(=C\c3cc(OC)ccc3OC)NC(=O)c3ccccc3)c2)c2ccccc2)cc1. The van der Waals surface area contributed by atoms with Crippen molar-refractivity contribution in [1.82, 2.24) is 5.32 Å². The molecular weight excluding hydrogens is 651 g/mol. The maximum absolute atomic E-state index is 13.8. The molecular formula is C40H37N3O6S. The lowest BCUT2D eigenvalue weighted by molar-refractivity contribution is -0.116. The van der Waals surface area contributed by atoms with Crippen molar-refractivity contribution in [3.8, 4) is 17.2 Å². The molecule has 0 heterocycles. The average Bonchev–Trinajstić information content (AvgIpc) is 3.15. The van der Waals surface area contributed by atoms with Crippen LogP contribution in [0.4, 0.5) is 11.4 Å². The Hall–Kier alpha value is -6.00. The van der Waals surface area contributed by atoms with E-state index in [-0.39, 0.29) is 11.6 Å². The molecule has 50 heavy (non-hydrogen) atoms. The normalized spacial score (nSPS) is 11.5. The summed E-state index contributed by atoms with van der Waals surface area (Å²) >= 11 is 1.35. The van der Waals surface area contributed by atoms with Crippen LogP contribution in [0.2, 0.25) is 0 Å². The molecule has 0 saturated carbocycles. The number of thioether (sulfide) groups is 1. The number of hydrogen-bond acceptors (Lipinski definition) is 7. The lowest BCUT2D eigenvalue weighted by Crippen LogP contribution is -2.30. The number of amides is 3. The number of carbonyl (C=O) groups is 3. The van der Waals surface area contributed by atoms with Crippen LogP contribution >= 0.6 is 11.8 Å². The predicted octanol–water partition coefficient (Wildman–Crippen LogP) is 7.98. The van der Waals surface area contributed by atoms with Crippen LogP contribution in [0.1, 0.15) is 33.7 Å². The lowest BCUT2D eigenvalue weighted by Gasteiger charge is -2.18. The Morgan fingerprint density at radius 3 is 2.10 bits per heavy atom. The summed E-state index contributed by atoms with van der Waals surface area (Å²) in [6.07, 6.45) is 1.53. The monoisotopic (exact) mass is 687 g/mol. The van der Waals surface area contributed by atoms with Crippen LogP contribution in [-0.2, 0) is 9.59 Å². The van der Waals surface area contributed by atoms with E-state index in [1.165, 1.54) is 32.1 Å². The van der Waals surface area contributed by atoms with Crippen LogP contribution in [0, 0.1) is 0 Å². The van der Waals surface area contributed by atoms with Gasteiger partial charge in [-0.15, -0.1) is 11.8 Å². The van der Waals surface area contributed by atoms with E-state index in [1.54, 1.807) is 78.9 Å². The first-order valence-corrected chi connectivity index (χ1v) is 16.7. The van der Waals surface area contributed by atoms with Gasteiger partial charge in [-0.25, -0.2) is 0 Å². The van der Waals surface area contributed by atoms with Crippen LogP contribution in [0.15, 0.2) is 138 Å². The molecule has 0 aliphatic rings. The Bertz CT molecular complexity index is 1950. The highest BCUT2D eigenvalue weighted by Gasteiger charge is 2.23. The zero-order chi connectivity index (χ0) is 35.3. The van der Waals surface area contributed by atoms with Gasteiger partial charge in [0.1, 0.15) is 28.2 Å². The lowest BCUT2D eigenvalue weighted by atomic mass is 10.1. The molecule has 5 rings (SSSR count). The summed E-state index contributed by atoms with van der Waals surface area (Å²) in [4.78, 5) is 41.4. The third-order valence-corrected chi connectivity index (χ3v) is 8.63. The Labute approximate surface area is 295 Å². The smallest absolute Gasteiger partial charge is 0.272 e. The van der Waals surface area contributed by atoms with Gasteiger partial charge < -0.3 is 30.2 Å². The minimum absolute atomic E-state index is 0.0136. The molecule has 1 atom stereocenters. The number of methoxy groups -OCH3 is 2. The second-order valence-electron chi connectivity index (χ2n) is 10.8. The first-order valence-electron chi connectivity index (χ1n) is 15.8. The first kappa shape index (κ1) is 35.3. The van der Waals surface area contributed by atoms with Crippen molar-refractivity contribution in [1.29, 1.82) is 0 Å². The van der Waals surface area contributed by atoms with Crippen molar-refractivity contribution in [2.24, 2.45) is 0 Å². The van der Waals surface area contributed by atoms with Gasteiger partial charge in [-0.05, 0) is 91.4 Å². The van der Waals surface area contributed by atoms with Crippen molar-refractivity contribution in [2.75, 3.05) is 31.5 Å². The summed E-state index contributed by atoms with van der Waals surface area (Å²) in [7, 11) is 3.06. The van der Waals surface area contributed by atoms with Crippen LogP contribution in [-0.4, -0.2) is 38.5 Å². The molecule has 0 aromatic heterocycles. The van der Waals surface area contributed by atoms with Crippen LogP contribution in [0.3, 0.4) is 0 Å². The first-order chi connectivity index (χ1) is 24.4. The number of benzene rings is 5. The molecule has 9 nitrogen and oxygen atoms in total. The quantitative estimate of drug-likeness (QED) is 0.0801. The van der Waals surface area contributed by atoms with Crippen LogP contribution in [0.25, 0.3) is 6.08 Å². The minimum atomic E-state index is -0.602. The van der Waals surface area contributed by atoms with E-state index in [0.29, 0.717) is 40.6 Å². The van der Waals surface area contributed by atoms with E-state index < -0.39 is 17.1 Å². The Morgan fingerprint density at radius 1 is 0.720 bits per heavy atom. The molecule has 0 aliphatic carbocycles. The van der Waals surface area contributed by atoms with Gasteiger partial charge in [-0.1, -0.05) is 54.6 Å². The topological polar surface area (TPSA) is 115 Å². The molecule has 3 amide bonds. The molecule has 10 heteroatoms. The van der Waals surface area contributed by atoms with E-state index in [0.717, 1.165) is 16.2 Å². The van der Waals surface area contributed by atoms with Crippen molar-refractivity contribution >= 4 is 46.9 Å². The van der Waals surface area contributed by atoms with E-state index >= 15 is 0 Å². The number of anilines is 2. The second-order valence-corrected chi connectivity index (χ2v) is 12.0. The van der Waals surface area contributed by atoms with Gasteiger partial charge >= 0.3 is 0 Å². The summed E-state index contributed by atoms with van der Waals surface area (Å²) < 4.78 is 16.4. The molecule has 0 aliphatic heterocycles. The van der Waals surface area contributed by atoms with Crippen LogP contribution < -0.4 is 30.2 Å². The van der Waals surface area contributed by atoms with E-state index in [9.17, 15) is 14.4 Å². The standard InChI is InChI=1S/C40H37N3O6S/c1-4-49-32-20-18-30(19-21-32)41-40(46)37(27-12-7-5-8-13-27)50-34-17-11-16-31(26-34)42-39(45)35(43-38(44)28-14-9-6-10-15-28)25-29-24-33(47-2)22-23-36(29)48-3/h5-26,37H,4H2,1-3H3,(H,41,46)(H,42,45)(H,43,44)/b35-25+. The second kappa shape index (κ2) is 17.4. The largest absolute Gasteiger partial charge is 0.497 e. The van der Waals surface area contributed by atoms with Crippen molar-refractivity contribution in [2.45, 2.75) is 17.1 Å². The molecule has 0 spiro atoms. The zero-order valence-electron chi connectivity index (χ0n) is 27.8. The van der Waals surface area contributed by atoms with Crippen molar-refractivity contribution in [3.05, 3.63) is 150 Å². The van der Waals surface area contributed by atoms with Crippen molar-refractivity contribution in [3.63, 3.8) is 0 Å². The van der Waals surface area contributed by atoms with E-state index in [1.807, 2.05) is 55.5 Å². The highest BCUT2D eigenvalue weighted by Crippen LogP contribution is 2.37. The molecule has 5 aromatic rings. The van der Waals surface area contributed by atoms with Gasteiger partial charge in [0, 0.05) is 27.4 Å². The molecule has 1 unspecified atom stereocenters. The maximum atomic E-state index is 13.8. The van der Waals surface area contributed by atoms with E-state index in [4.69, 9.17) is 14.2 Å². The maximum Gasteiger partial charge on any atom is 0.272 e. The third kappa shape index (κ3) is 9.55. The van der Waals surface area contributed by atoms with E-state index in [2.05, 4.69) is 16.0 Å². The van der Waals surface area contributed by atoms with Gasteiger partial charge in [0.15, 0.2) is 0 Å². The summed E-state index contributed by atoms with van der Waals surface area (Å²) in [5.41, 5.74) is 2.83. The third-order valence-electron chi connectivity index (χ3n) is 7.38. The number of hydrogen-bond donors (Lipinski definition) is 3. The minimum Gasteiger partial charge on any atom is -0.497 e. The van der Waals surface area contributed by atoms with Gasteiger partial charge in [0.25, 0.3) is 11.8 Å². The molecule has 3 N–H and O–H groups in total. The molecule has 254 valence electrons. The summed E-state index contributed by atoms with van der Waals surface area (Å²) in [6, 6.07) is 37.7. The van der Waals surface area contributed by atoms with Crippen LogP contribution in [0.5, 0.6) is 17.2 Å². The number of nitrogens with one attached hydrogen (secondary N) is 3. The Morgan fingerprint density at radius 2 is 1.42 bits per heavy atom. The van der Waals surface area contributed by atoms with Gasteiger partial charge in [0.05, 0.1) is 20.8 Å². The average molecular weight is 688 g/mol. The Kier molecular flexibility index (Phi) is 12.3. The molecule has 5 aromatic carbocycles. The molecule has 0 bridgehead atoms. The molecule has 0 saturated heterocycles.